The third-order valence-electron chi connectivity index (χ3n) is 16.7. The number of carboxylic acids is 1. The van der Waals surface area contributed by atoms with Gasteiger partial charge in [0.2, 0.25) is 0 Å². The van der Waals surface area contributed by atoms with Crippen molar-refractivity contribution in [2.24, 2.45) is 0 Å². The summed E-state index contributed by atoms with van der Waals surface area (Å²) in [6, 6.07) is 0. The number of hydrogen-bond donors (Lipinski definition) is 1. The number of aliphatic carboxylic acids is 1. The minimum absolute atomic E-state index is 0.176. The number of ether oxygens (including phenoxy) is 4. The van der Waals surface area contributed by atoms with E-state index in [0.717, 1.165) is 148 Å². The monoisotopic (exact) mass is 1370 g/mol. The molecule has 0 aliphatic heterocycles. The van der Waals surface area contributed by atoms with Gasteiger partial charge in [-0.05, 0) is 135 Å². The Kier molecular flexibility index (Phi) is 73.7. The summed E-state index contributed by atoms with van der Waals surface area (Å²) in [5.74, 6) is -2.04. The molecule has 0 saturated carbocycles. The summed E-state index contributed by atoms with van der Waals surface area (Å²) in [6.45, 7) is 4.63. The van der Waals surface area contributed by atoms with E-state index in [1.807, 2.05) is 21.1 Å². The SMILES string of the molecule is CC/C=C\C/C=C\C/C=C\C/C=C\C/C=C\C/C=C\C/C=C\C/C=C\C/C=C\C/C=C\C/C=C\CCCCCCCC(=O)OC(COC(=O)CCCCCCCCCCCCCCCCCCCCCCCC/C=C\C/C=C\C/C=C\C/C=C\CC)COC(OCC[N+](C)(C)C)C(=O)O. The highest BCUT2D eigenvalue weighted by Crippen LogP contribution is 2.18. The largest absolute Gasteiger partial charge is 0.477 e. The smallest absolute Gasteiger partial charge is 0.361 e. The predicted octanol–water partition coefficient (Wildman–Crippen LogP) is 25.9. The molecule has 2 unspecified atom stereocenters. The Bertz CT molecular complexity index is 2290. The lowest BCUT2D eigenvalue weighted by molar-refractivity contribution is -0.870. The van der Waals surface area contributed by atoms with Gasteiger partial charge in [0.1, 0.15) is 13.2 Å². The number of hydrogen-bond acceptors (Lipinski definition) is 7. The lowest BCUT2D eigenvalue weighted by atomic mass is 10.0. The van der Waals surface area contributed by atoms with Gasteiger partial charge >= 0.3 is 17.9 Å². The maximum atomic E-state index is 13.0. The predicted molar refractivity (Wildman–Crippen MR) is 428 cm³/mol. The van der Waals surface area contributed by atoms with Crippen LogP contribution in [0.5, 0.6) is 0 Å². The number of nitrogens with zero attached hydrogens (tertiary/aromatic N) is 1. The van der Waals surface area contributed by atoms with E-state index in [2.05, 4.69) is 196 Å². The third-order valence-corrected chi connectivity index (χ3v) is 16.7. The Morgan fingerprint density at radius 3 is 0.808 bits per heavy atom. The van der Waals surface area contributed by atoms with Crippen LogP contribution in [0.15, 0.2) is 182 Å². The van der Waals surface area contributed by atoms with Crippen LogP contribution in [-0.2, 0) is 33.3 Å². The molecule has 9 heteroatoms. The summed E-state index contributed by atoms with van der Waals surface area (Å²) < 4.78 is 23.0. The maximum Gasteiger partial charge on any atom is 0.361 e. The molecule has 0 rings (SSSR count). The van der Waals surface area contributed by atoms with Crippen molar-refractivity contribution in [3.63, 3.8) is 0 Å². The standard InChI is InChI=1S/C90H147NO8/c1-6-8-10-12-14-16-18-20-22-24-26-28-30-32-34-36-38-40-42-43-44-45-47-49-51-53-55-57-59-61-63-65-67-69-71-73-75-77-79-81-88(93)99-86(85-98-90(89(94)95)96-83-82-91(3,4)5)84-97-87(92)80-78-76-74-72-70-68-66-64-62-60-58-56-54-52-50-48-46-41-39-37-35-33-31-29-27-25-23-21-19-17-15-13-11-9-7-2/h8-11,14-17,20-23,26-29,32,34,38,40,43-44,47,49,53,55,59,61,65,67,86,90H,6-7,12-13,18-19,24-25,30-31,33,35-37,39,41-42,45-46,48,50-52,54,56-58,60,62-64,66,68-85H2,1-5H3/p+1/b10-8-,11-9-,16-14-,17-15-,22-20-,23-21-,28-26-,29-27-,34-32-,40-38-,44-43-,49-47-,55-53-,61-59-,67-65-. The molecular formula is C90H148NO8+. The first kappa shape index (κ1) is 93.4. The van der Waals surface area contributed by atoms with Gasteiger partial charge in [-0.25, -0.2) is 4.79 Å². The number of rotatable bonds is 72. The van der Waals surface area contributed by atoms with Crippen molar-refractivity contribution in [3.05, 3.63) is 182 Å². The van der Waals surface area contributed by atoms with Crippen molar-refractivity contribution in [2.45, 2.75) is 322 Å². The average molecular weight is 1370 g/mol. The lowest BCUT2D eigenvalue weighted by Gasteiger charge is -2.25. The summed E-state index contributed by atoms with van der Waals surface area (Å²) >= 11 is 0. The Hall–Kier alpha value is -5.61. The number of carboxylic acid groups (broad SMARTS) is 1. The fraction of sp³-hybridized carbons (Fsp3) is 0.633. The molecule has 0 aliphatic rings. The number of carbonyl (C=O) groups is 3. The van der Waals surface area contributed by atoms with Crippen molar-refractivity contribution in [1.29, 1.82) is 0 Å². The van der Waals surface area contributed by atoms with Crippen LogP contribution in [0.2, 0.25) is 0 Å². The van der Waals surface area contributed by atoms with E-state index in [1.54, 1.807) is 0 Å². The molecule has 0 saturated heterocycles. The van der Waals surface area contributed by atoms with E-state index in [-0.39, 0.29) is 32.2 Å². The zero-order valence-corrected chi connectivity index (χ0v) is 64.1. The molecule has 0 aromatic heterocycles. The molecule has 0 aliphatic carbocycles. The molecule has 0 aromatic rings. The summed E-state index contributed by atoms with van der Waals surface area (Å²) in [5, 5.41) is 9.77. The second kappa shape index (κ2) is 78.1. The van der Waals surface area contributed by atoms with Gasteiger partial charge in [-0.2, -0.15) is 0 Å². The van der Waals surface area contributed by atoms with Crippen LogP contribution in [0.1, 0.15) is 309 Å². The number of likely N-dealkylation sites (N-methyl/N-ethyl adjacent to an activating group) is 1. The Morgan fingerprint density at radius 2 is 0.545 bits per heavy atom. The van der Waals surface area contributed by atoms with Gasteiger partial charge < -0.3 is 28.5 Å². The molecule has 0 heterocycles. The lowest BCUT2D eigenvalue weighted by Crippen LogP contribution is -2.40. The fourth-order valence-corrected chi connectivity index (χ4v) is 10.7. The summed E-state index contributed by atoms with van der Waals surface area (Å²) in [6.07, 6.45) is 116. The van der Waals surface area contributed by atoms with E-state index in [0.29, 0.717) is 23.9 Å². The van der Waals surface area contributed by atoms with E-state index in [9.17, 15) is 19.5 Å². The van der Waals surface area contributed by atoms with E-state index in [1.165, 1.54) is 128 Å². The molecule has 0 amide bonds. The molecule has 0 radical (unpaired) electrons. The molecule has 0 aromatic carbocycles. The number of carbonyl (C=O) groups excluding carboxylic acids is 2. The number of esters is 2. The molecule has 99 heavy (non-hydrogen) atoms. The zero-order chi connectivity index (χ0) is 71.8. The Balaban J connectivity index is 4.13. The van der Waals surface area contributed by atoms with Gasteiger partial charge in [-0.3, -0.25) is 9.59 Å². The van der Waals surface area contributed by atoms with Crippen molar-refractivity contribution < 1.29 is 42.9 Å². The van der Waals surface area contributed by atoms with Crippen LogP contribution in [0.3, 0.4) is 0 Å². The minimum atomic E-state index is -1.53. The molecule has 0 fully saturated rings. The molecule has 0 bridgehead atoms. The van der Waals surface area contributed by atoms with Gasteiger partial charge in [0.15, 0.2) is 6.10 Å². The summed E-state index contributed by atoms with van der Waals surface area (Å²) in [7, 11) is 5.97. The van der Waals surface area contributed by atoms with Gasteiger partial charge in [0.25, 0.3) is 6.29 Å². The number of quaternary nitrogens is 1. The van der Waals surface area contributed by atoms with Crippen LogP contribution in [-0.4, -0.2) is 87.4 Å². The van der Waals surface area contributed by atoms with Crippen LogP contribution in [0.4, 0.5) is 0 Å². The second-order valence-electron chi connectivity index (χ2n) is 27.3. The highest BCUT2D eigenvalue weighted by atomic mass is 16.7. The molecule has 1 N–H and O–H groups in total. The highest BCUT2D eigenvalue weighted by molar-refractivity contribution is 5.71. The van der Waals surface area contributed by atoms with Crippen molar-refractivity contribution in [1.82, 2.24) is 0 Å². The van der Waals surface area contributed by atoms with E-state index < -0.39 is 24.3 Å². The van der Waals surface area contributed by atoms with Crippen LogP contribution < -0.4 is 0 Å². The Morgan fingerprint density at radius 1 is 0.303 bits per heavy atom. The van der Waals surface area contributed by atoms with Gasteiger partial charge in [0.05, 0.1) is 34.4 Å². The zero-order valence-electron chi connectivity index (χ0n) is 64.1. The first-order chi connectivity index (χ1) is 48.6. The molecular weight excluding hydrogens is 1220 g/mol. The molecule has 560 valence electrons. The van der Waals surface area contributed by atoms with Crippen molar-refractivity contribution >= 4 is 17.9 Å². The Labute approximate surface area is 609 Å². The van der Waals surface area contributed by atoms with E-state index in [4.69, 9.17) is 18.9 Å². The van der Waals surface area contributed by atoms with Crippen LogP contribution in [0, 0.1) is 0 Å². The summed E-state index contributed by atoms with van der Waals surface area (Å²) in [5.41, 5.74) is 0. The normalized spacial score (nSPS) is 13.7. The van der Waals surface area contributed by atoms with Gasteiger partial charge in [-0.1, -0.05) is 344 Å². The molecule has 2 atom stereocenters. The molecule has 0 spiro atoms. The highest BCUT2D eigenvalue weighted by Gasteiger charge is 2.25. The van der Waals surface area contributed by atoms with Crippen molar-refractivity contribution in [3.8, 4) is 0 Å². The van der Waals surface area contributed by atoms with Crippen molar-refractivity contribution in [2.75, 3.05) is 47.5 Å². The quantitative estimate of drug-likeness (QED) is 0.0211. The third kappa shape index (κ3) is 79.6. The minimum Gasteiger partial charge on any atom is -0.477 e. The second-order valence-corrected chi connectivity index (χ2v) is 27.3. The maximum absolute atomic E-state index is 13.0. The molecule has 9 nitrogen and oxygen atoms in total. The topological polar surface area (TPSA) is 108 Å². The first-order valence-corrected chi connectivity index (χ1v) is 39.9. The average Bonchev–Trinajstić information content (AvgIpc) is 1.14. The number of unbranched alkanes of at least 4 members (excludes halogenated alkanes) is 27. The summed E-state index contributed by atoms with van der Waals surface area (Å²) in [4.78, 5) is 37.7. The van der Waals surface area contributed by atoms with Crippen LogP contribution in [0.25, 0.3) is 0 Å². The van der Waals surface area contributed by atoms with Gasteiger partial charge in [0, 0.05) is 12.8 Å². The fourth-order valence-electron chi connectivity index (χ4n) is 10.7. The first-order valence-electron chi connectivity index (χ1n) is 39.9. The van der Waals surface area contributed by atoms with E-state index >= 15 is 0 Å². The number of allylic oxidation sites excluding steroid dienone is 30. The van der Waals surface area contributed by atoms with Crippen LogP contribution >= 0.6 is 0 Å². The van der Waals surface area contributed by atoms with Gasteiger partial charge in [-0.15, -0.1) is 0 Å².